The average Bonchev–Trinajstić information content (AvgIpc) is 3.16. The summed E-state index contributed by atoms with van der Waals surface area (Å²) in [4.78, 5) is 30.0. The molecule has 2 aromatic rings. The van der Waals surface area contributed by atoms with E-state index in [9.17, 15) is 14.0 Å². The van der Waals surface area contributed by atoms with E-state index in [0.717, 1.165) is 25.8 Å². The molecule has 3 amide bonds. The van der Waals surface area contributed by atoms with E-state index in [0.29, 0.717) is 31.6 Å². The standard InChI is InChI=1S/C23H26FN3O2/c24-19-8-10-20(11-9-19)25-22(29)27-16-5-14-23(27)13-4-15-26(21(23)28)17-12-18-6-2-1-3-7-18/h1-3,6-11H,4-5,12-17H2,(H,25,29). The lowest BCUT2D eigenvalue weighted by Gasteiger charge is -2.44. The van der Waals surface area contributed by atoms with Crippen molar-refractivity contribution in [1.82, 2.24) is 9.80 Å². The Hall–Kier alpha value is -2.89. The molecule has 2 aliphatic heterocycles. The molecule has 0 radical (unpaired) electrons. The van der Waals surface area contributed by atoms with Crippen LogP contribution in [0.15, 0.2) is 54.6 Å². The van der Waals surface area contributed by atoms with Gasteiger partial charge < -0.3 is 15.1 Å². The number of likely N-dealkylation sites (tertiary alicyclic amines) is 2. The minimum absolute atomic E-state index is 0.0615. The molecule has 1 unspecified atom stereocenters. The van der Waals surface area contributed by atoms with Gasteiger partial charge in [-0.25, -0.2) is 9.18 Å². The van der Waals surface area contributed by atoms with Crippen molar-refractivity contribution < 1.29 is 14.0 Å². The topological polar surface area (TPSA) is 52.7 Å². The highest BCUT2D eigenvalue weighted by Gasteiger charge is 2.52. The first-order valence-electron chi connectivity index (χ1n) is 10.3. The molecule has 29 heavy (non-hydrogen) atoms. The Morgan fingerprint density at radius 1 is 1.00 bits per heavy atom. The Balaban J connectivity index is 1.46. The van der Waals surface area contributed by atoms with Gasteiger partial charge in [-0.3, -0.25) is 4.79 Å². The molecular formula is C23H26FN3O2. The van der Waals surface area contributed by atoms with Gasteiger partial charge in [0.05, 0.1) is 0 Å². The molecule has 6 heteroatoms. The van der Waals surface area contributed by atoms with E-state index < -0.39 is 5.54 Å². The predicted octanol–water partition coefficient (Wildman–Crippen LogP) is 4.06. The van der Waals surface area contributed by atoms with E-state index in [4.69, 9.17) is 0 Å². The van der Waals surface area contributed by atoms with E-state index in [1.54, 1.807) is 4.90 Å². The van der Waals surface area contributed by atoms with E-state index in [-0.39, 0.29) is 17.8 Å². The predicted molar refractivity (Wildman–Crippen MR) is 110 cm³/mol. The third-order valence-corrected chi connectivity index (χ3v) is 6.05. The lowest BCUT2D eigenvalue weighted by Crippen LogP contribution is -2.62. The molecule has 0 bridgehead atoms. The van der Waals surface area contributed by atoms with Crippen LogP contribution in [0.3, 0.4) is 0 Å². The van der Waals surface area contributed by atoms with E-state index >= 15 is 0 Å². The first-order valence-corrected chi connectivity index (χ1v) is 10.3. The SMILES string of the molecule is O=C(Nc1ccc(F)cc1)N1CCCC12CCCN(CCc1ccccc1)C2=O. The zero-order chi connectivity index (χ0) is 20.3. The van der Waals surface area contributed by atoms with Gasteiger partial charge in [-0.2, -0.15) is 0 Å². The number of benzene rings is 2. The van der Waals surface area contributed by atoms with Crippen molar-refractivity contribution in [2.24, 2.45) is 0 Å². The third kappa shape index (κ3) is 3.97. The summed E-state index contributed by atoms with van der Waals surface area (Å²) in [5.74, 6) is -0.288. The van der Waals surface area contributed by atoms with Crippen molar-refractivity contribution in [3.63, 3.8) is 0 Å². The lowest BCUT2D eigenvalue weighted by atomic mass is 9.85. The molecule has 0 saturated carbocycles. The molecule has 2 fully saturated rings. The molecule has 2 aromatic carbocycles. The number of urea groups is 1. The Morgan fingerprint density at radius 3 is 2.41 bits per heavy atom. The number of carbonyl (C=O) groups excluding carboxylic acids is 2. The Kier molecular flexibility index (Phi) is 5.51. The summed E-state index contributed by atoms with van der Waals surface area (Å²) in [6.07, 6.45) is 3.91. The van der Waals surface area contributed by atoms with Crippen LogP contribution in [0.5, 0.6) is 0 Å². The minimum Gasteiger partial charge on any atom is -0.340 e. The average molecular weight is 395 g/mol. The van der Waals surface area contributed by atoms with Crippen molar-refractivity contribution in [1.29, 1.82) is 0 Å². The van der Waals surface area contributed by atoms with Crippen molar-refractivity contribution in [2.75, 3.05) is 25.0 Å². The molecule has 4 rings (SSSR count). The molecule has 5 nitrogen and oxygen atoms in total. The van der Waals surface area contributed by atoms with Gasteiger partial charge in [-0.1, -0.05) is 30.3 Å². The van der Waals surface area contributed by atoms with Crippen LogP contribution in [0.1, 0.15) is 31.2 Å². The second-order valence-corrected chi connectivity index (χ2v) is 7.86. The first kappa shape index (κ1) is 19.4. The van der Waals surface area contributed by atoms with Gasteiger partial charge in [0.25, 0.3) is 0 Å². The summed E-state index contributed by atoms with van der Waals surface area (Å²) in [6.45, 7) is 1.96. The molecule has 1 N–H and O–H groups in total. The smallest absolute Gasteiger partial charge is 0.322 e. The van der Waals surface area contributed by atoms with Crippen molar-refractivity contribution >= 4 is 17.6 Å². The van der Waals surface area contributed by atoms with Gasteiger partial charge in [0, 0.05) is 25.3 Å². The normalized spacial score (nSPS) is 21.6. The third-order valence-electron chi connectivity index (χ3n) is 6.05. The molecule has 2 aliphatic rings. The number of nitrogens with zero attached hydrogens (tertiary/aromatic N) is 2. The van der Waals surface area contributed by atoms with Gasteiger partial charge in [-0.15, -0.1) is 0 Å². The van der Waals surface area contributed by atoms with Gasteiger partial charge in [0.2, 0.25) is 5.91 Å². The monoisotopic (exact) mass is 395 g/mol. The fourth-order valence-corrected chi connectivity index (χ4v) is 4.57. The van der Waals surface area contributed by atoms with Crippen molar-refractivity contribution in [3.8, 4) is 0 Å². The van der Waals surface area contributed by atoms with Crippen molar-refractivity contribution in [3.05, 3.63) is 66.0 Å². The summed E-state index contributed by atoms with van der Waals surface area (Å²) in [6, 6.07) is 15.5. The Morgan fingerprint density at radius 2 is 1.69 bits per heavy atom. The number of halogens is 1. The Bertz CT molecular complexity index is 871. The fourth-order valence-electron chi connectivity index (χ4n) is 4.57. The maximum Gasteiger partial charge on any atom is 0.322 e. The van der Waals surface area contributed by atoms with E-state index in [2.05, 4.69) is 17.4 Å². The molecule has 0 aromatic heterocycles. The van der Waals surface area contributed by atoms with Crippen LogP contribution in [0.2, 0.25) is 0 Å². The molecule has 2 heterocycles. The summed E-state index contributed by atoms with van der Waals surface area (Å²) >= 11 is 0. The van der Waals surface area contributed by atoms with Crippen LogP contribution in [-0.2, 0) is 11.2 Å². The maximum absolute atomic E-state index is 13.4. The lowest BCUT2D eigenvalue weighted by molar-refractivity contribution is -0.145. The van der Waals surface area contributed by atoms with Crippen LogP contribution in [0.25, 0.3) is 0 Å². The van der Waals surface area contributed by atoms with E-state index in [1.807, 2.05) is 23.1 Å². The molecular weight excluding hydrogens is 369 g/mol. The second-order valence-electron chi connectivity index (χ2n) is 7.86. The zero-order valence-corrected chi connectivity index (χ0v) is 16.4. The number of rotatable bonds is 4. The zero-order valence-electron chi connectivity index (χ0n) is 16.4. The quantitative estimate of drug-likeness (QED) is 0.849. The number of piperidine rings is 1. The molecule has 152 valence electrons. The van der Waals surface area contributed by atoms with Gasteiger partial charge >= 0.3 is 6.03 Å². The van der Waals surface area contributed by atoms with Crippen LogP contribution >= 0.6 is 0 Å². The summed E-state index contributed by atoms with van der Waals surface area (Å²) < 4.78 is 13.1. The fraction of sp³-hybridized carbons (Fsp3) is 0.391. The minimum atomic E-state index is -0.751. The van der Waals surface area contributed by atoms with Gasteiger partial charge in [-0.05, 0) is 61.9 Å². The van der Waals surface area contributed by atoms with Crippen LogP contribution in [0, 0.1) is 5.82 Å². The highest BCUT2D eigenvalue weighted by Crippen LogP contribution is 2.38. The summed E-state index contributed by atoms with van der Waals surface area (Å²) in [7, 11) is 0. The first-order chi connectivity index (χ1) is 14.1. The largest absolute Gasteiger partial charge is 0.340 e. The van der Waals surface area contributed by atoms with Crippen LogP contribution in [0.4, 0.5) is 14.9 Å². The summed E-state index contributed by atoms with van der Waals surface area (Å²) in [5, 5.41) is 2.83. The highest BCUT2D eigenvalue weighted by molar-refractivity contribution is 5.97. The molecule has 0 aliphatic carbocycles. The second kappa shape index (κ2) is 8.23. The number of nitrogens with one attached hydrogen (secondary N) is 1. The van der Waals surface area contributed by atoms with Crippen LogP contribution < -0.4 is 5.32 Å². The number of anilines is 1. The number of amides is 3. The maximum atomic E-state index is 13.4. The number of hydrogen-bond acceptors (Lipinski definition) is 2. The van der Waals surface area contributed by atoms with E-state index in [1.165, 1.54) is 29.8 Å². The Labute approximate surface area is 170 Å². The van der Waals surface area contributed by atoms with Gasteiger partial charge in [0.1, 0.15) is 11.4 Å². The number of carbonyl (C=O) groups is 2. The summed E-state index contributed by atoms with van der Waals surface area (Å²) in [5.41, 5.74) is 0.985. The van der Waals surface area contributed by atoms with Crippen molar-refractivity contribution in [2.45, 2.75) is 37.6 Å². The van der Waals surface area contributed by atoms with Gasteiger partial charge in [0.15, 0.2) is 0 Å². The molecule has 2 saturated heterocycles. The highest BCUT2D eigenvalue weighted by atomic mass is 19.1. The molecule has 1 atom stereocenters. The molecule has 1 spiro atoms. The van der Waals surface area contributed by atoms with Crippen LogP contribution in [-0.4, -0.2) is 46.9 Å². The number of hydrogen-bond donors (Lipinski definition) is 1.